The van der Waals surface area contributed by atoms with Crippen LogP contribution in [0.3, 0.4) is 0 Å². The highest BCUT2D eigenvalue weighted by Gasteiger charge is 2.60. The fourth-order valence-electron chi connectivity index (χ4n) is 3.84. The summed E-state index contributed by atoms with van der Waals surface area (Å²) in [5, 5.41) is 9.44. The summed E-state index contributed by atoms with van der Waals surface area (Å²) in [6, 6.07) is 7.98. The Morgan fingerprint density at radius 1 is 1.22 bits per heavy atom. The van der Waals surface area contributed by atoms with Gasteiger partial charge in [-0.25, -0.2) is 0 Å². The molecule has 0 spiro atoms. The monoisotopic (exact) mass is 262 g/mol. The molecule has 2 nitrogen and oxygen atoms in total. The zero-order chi connectivity index (χ0) is 13.7. The van der Waals surface area contributed by atoms with E-state index in [1.807, 2.05) is 12.1 Å². The summed E-state index contributed by atoms with van der Waals surface area (Å²) in [6.45, 7) is 8.78. The molecule has 3 heteroatoms. The van der Waals surface area contributed by atoms with Gasteiger partial charge in [-0.15, -0.1) is 0 Å². The van der Waals surface area contributed by atoms with E-state index in [0.717, 1.165) is 0 Å². The third-order valence-electron chi connectivity index (χ3n) is 4.54. The van der Waals surface area contributed by atoms with Crippen LogP contribution in [0.15, 0.2) is 18.2 Å². The Kier molecular flexibility index (Phi) is 2.96. The van der Waals surface area contributed by atoms with Crippen molar-refractivity contribution in [3.8, 4) is 6.07 Å². The van der Waals surface area contributed by atoms with Crippen LogP contribution in [0.5, 0.6) is 0 Å². The van der Waals surface area contributed by atoms with Gasteiger partial charge in [0.05, 0.1) is 10.6 Å². The molecule has 0 aromatic heterocycles. The molecule has 1 saturated carbocycles. The highest BCUT2D eigenvalue weighted by molar-refractivity contribution is 6.31. The molecule has 0 heterocycles. The molecule has 0 bridgehead atoms. The second kappa shape index (κ2) is 3.98. The molecule has 1 aliphatic carbocycles. The van der Waals surface area contributed by atoms with Crippen LogP contribution < -0.4 is 5.73 Å². The lowest BCUT2D eigenvalue weighted by Gasteiger charge is -2.63. The zero-order valence-corrected chi connectivity index (χ0v) is 12.0. The fraction of sp³-hybridized carbons (Fsp3) is 0.533. The Labute approximate surface area is 114 Å². The maximum absolute atomic E-state index is 8.91. The van der Waals surface area contributed by atoms with Crippen molar-refractivity contribution in [2.75, 3.05) is 0 Å². The van der Waals surface area contributed by atoms with Crippen LogP contribution in [0.25, 0.3) is 0 Å². The Bertz CT molecular complexity index is 510. The van der Waals surface area contributed by atoms with Gasteiger partial charge in [0.1, 0.15) is 6.07 Å². The van der Waals surface area contributed by atoms with Gasteiger partial charge in [-0.3, -0.25) is 0 Å². The van der Waals surface area contributed by atoms with E-state index in [0.29, 0.717) is 16.5 Å². The van der Waals surface area contributed by atoms with Crippen molar-refractivity contribution >= 4 is 11.6 Å². The van der Waals surface area contributed by atoms with E-state index in [1.165, 1.54) is 5.56 Å². The SMILES string of the molecule is CC1(C)C(N)C(C)(C)C1c1ccc(C#N)c(Cl)c1. The molecule has 0 atom stereocenters. The van der Waals surface area contributed by atoms with Gasteiger partial charge in [-0.2, -0.15) is 5.26 Å². The molecule has 0 radical (unpaired) electrons. The summed E-state index contributed by atoms with van der Waals surface area (Å²) in [6.07, 6.45) is 0. The predicted molar refractivity (Wildman–Crippen MR) is 74.4 cm³/mol. The average molecular weight is 263 g/mol. The van der Waals surface area contributed by atoms with Crippen molar-refractivity contribution in [1.29, 1.82) is 5.26 Å². The first-order valence-electron chi connectivity index (χ1n) is 6.18. The maximum Gasteiger partial charge on any atom is 0.101 e. The lowest BCUT2D eigenvalue weighted by molar-refractivity contribution is -0.0560. The summed E-state index contributed by atoms with van der Waals surface area (Å²) >= 11 is 6.12. The number of nitrogens with two attached hydrogens (primary N) is 1. The van der Waals surface area contributed by atoms with Crippen molar-refractivity contribution < 1.29 is 0 Å². The van der Waals surface area contributed by atoms with E-state index in [2.05, 4.69) is 33.8 Å². The van der Waals surface area contributed by atoms with Gasteiger partial charge in [0.2, 0.25) is 0 Å². The first-order chi connectivity index (χ1) is 8.22. The van der Waals surface area contributed by atoms with Gasteiger partial charge in [-0.05, 0) is 34.4 Å². The van der Waals surface area contributed by atoms with Gasteiger partial charge in [0, 0.05) is 6.04 Å². The highest BCUT2D eigenvalue weighted by atomic mass is 35.5. The van der Waals surface area contributed by atoms with Crippen LogP contribution in [-0.4, -0.2) is 6.04 Å². The van der Waals surface area contributed by atoms with Crippen LogP contribution in [0, 0.1) is 22.2 Å². The highest BCUT2D eigenvalue weighted by Crippen LogP contribution is 2.63. The van der Waals surface area contributed by atoms with Gasteiger partial charge in [0.15, 0.2) is 0 Å². The van der Waals surface area contributed by atoms with Gasteiger partial charge >= 0.3 is 0 Å². The molecule has 2 rings (SSSR count). The van der Waals surface area contributed by atoms with E-state index in [-0.39, 0.29) is 16.9 Å². The molecule has 96 valence electrons. The third-order valence-corrected chi connectivity index (χ3v) is 4.85. The molecule has 1 fully saturated rings. The van der Waals surface area contributed by atoms with Crippen LogP contribution in [0.2, 0.25) is 5.02 Å². The molecule has 2 N–H and O–H groups in total. The number of hydrogen-bond acceptors (Lipinski definition) is 2. The Morgan fingerprint density at radius 3 is 2.22 bits per heavy atom. The lowest BCUT2D eigenvalue weighted by atomic mass is 9.43. The minimum absolute atomic E-state index is 0.0565. The molecule has 1 aromatic rings. The van der Waals surface area contributed by atoms with Gasteiger partial charge in [-0.1, -0.05) is 45.4 Å². The molecule has 18 heavy (non-hydrogen) atoms. The zero-order valence-electron chi connectivity index (χ0n) is 11.3. The van der Waals surface area contributed by atoms with Crippen molar-refractivity contribution in [3.63, 3.8) is 0 Å². The van der Waals surface area contributed by atoms with Gasteiger partial charge in [0.25, 0.3) is 0 Å². The van der Waals surface area contributed by atoms with E-state index in [9.17, 15) is 0 Å². The van der Waals surface area contributed by atoms with Crippen molar-refractivity contribution in [3.05, 3.63) is 34.3 Å². The topological polar surface area (TPSA) is 49.8 Å². The lowest BCUT2D eigenvalue weighted by Crippen LogP contribution is -2.66. The molecule has 0 amide bonds. The standard InChI is InChI=1S/C15H19ClN2/c1-14(2)12(15(3,4)13(14)18)9-5-6-10(8-17)11(16)7-9/h5-7,12-13H,18H2,1-4H3. The largest absolute Gasteiger partial charge is 0.327 e. The van der Waals surface area contributed by atoms with Crippen molar-refractivity contribution in [2.45, 2.75) is 39.7 Å². The number of nitrogens with zero attached hydrogens (tertiary/aromatic N) is 1. The second-order valence-corrected chi connectivity index (χ2v) is 6.81. The summed E-state index contributed by atoms with van der Waals surface area (Å²) in [5.41, 5.74) is 8.09. The normalized spacial score (nSPS) is 28.3. The Balaban J connectivity index is 2.45. The molecule has 1 aromatic carbocycles. The van der Waals surface area contributed by atoms with E-state index in [1.54, 1.807) is 6.07 Å². The maximum atomic E-state index is 8.91. The summed E-state index contributed by atoms with van der Waals surface area (Å²) < 4.78 is 0. The van der Waals surface area contributed by atoms with Gasteiger partial charge < -0.3 is 5.73 Å². The Hall–Kier alpha value is -1.04. The van der Waals surface area contributed by atoms with Crippen LogP contribution in [0.4, 0.5) is 0 Å². The summed E-state index contributed by atoms with van der Waals surface area (Å²) in [7, 11) is 0. The molecular formula is C15H19ClN2. The van der Waals surface area contributed by atoms with E-state index >= 15 is 0 Å². The minimum Gasteiger partial charge on any atom is -0.327 e. The second-order valence-electron chi connectivity index (χ2n) is 6.40. The molecule has 0 saturated heterocycles. The van der Waals surface area contributed by atoms with Crippen LogP contribution in [0.1, 0.15) is 44.7 Å². The van der Waals surface area contributed by atoms with Crippen LogP contribution in [-0.2, 0) is 0 Å². The number of rotatable bonds is 1. The molecule has 0 unspecified atom stereocenters. The number of hydrogen-bond donors (Lipinski definition) is 1. The van der Waals surface area contributed by atoms with Crippen molar-refractivity contribution in [2.24, 2.45) is 16.6 Å². The third kappa shape index (κ3) is 1.66. The molecule has 0 aliphatic heterocycles. The first-order valence-corrected chi connectivity index (χ1v) is 6.56. The molecular weight excluding hydrogens is 244 g/mol. The van der Waals surface area contributed by atoms with Crippen molar-refractivity contribution in [1.82, 2.24) is 0 Å². The summed E-state index contributed by atoms with van der Waals surface area (Å²) in [4.78, 5) is 0. The average Bonchev–Trinajstić information content (AvgIpc) is 2.27. The quantitative estimate of drug-likeness (QED) is 0.839. The smallest absolute Gasteiger partial charge is 0.101 e. The van der Waals surface area contributed by atoms with E-state index < -0.39 is 0 Å². The minimum atomic E-state index is 0.0565. The molecule has 1 aliphatic rings. The summed E-state index contributed by atoms with van der Waals surface area (Å²) in [5.74, 6) is 0.366. The fourth-order valence-corrected chi connectivity index (χ4v) is 4.07. The number of nitriles is 1. The van der Waals surface area contributed by atoms with E-state index in [4.69, 9.17) is 22.6 Å². The van der Waals surface area contributed by atoms with Crippen LogP contribution >= 0.6 is 11.6 Å². The predicted octanol–water partition coefficient (Wildman–Crippen LogP) is 3.69. The number of halogens is 1. The first kappa shape index (κ1) is 13.4. The Morgan fingerprint density at radius 2 is 1.78 bits per heavy atom. The number of benzene rings is 1.